The smallest absolute Gasteiger partial charge is 0.338 e. The Morgan fingerprint density at radius 3 is 1.61 bits per heavy atom. The average molecular weight is 783 g/mol. The number of benzene rings is 4. The molecule has 3 aliphatic heterocycles. The van der Waals surface area contributed by atoms with Crippen LogP contribution < -0.4 is 0 Å². The number of hydrogen-bond donors (Lipinski definition) is 0. The Kier molecular flexibility index (Phi) is 13.0. The maximum absolute atomic E-state index is 13.7. The van der Waals surface area contributed by atoms with Crippen molar-refractivity contribution in [1.82, 2.24) is 0 Å². The van der Waals surface area contributed by atoms with Crippen LogP contribution in [-0.2, 0) is 70.2 Å². The number of ether oxygens (including phenoxy) is 10. The van der Waals surface area contributed by atoms with E-state index in [0.29, 0.717) is 0 Å². The molecule has 3 heterocycles. The largest absolute Gasteiger partial charge is 0.467 e. The third-order valence-corrected chi connectivity index (χ3v) is 9.61. The molecule has 3 fully saturated rings. The molecule has 4 aromatic carbocycles. The highest BCUT2D eigenvalue weighted by molar-refractivity contribution is 5.90. The van der Waals surface area contributed by atoms with E-state index in [1.165, 1.54) is 14.0 Å². The van der Waals surface area contributed by atoms with Crippen molar-refractivity contribution >= 4 is 23.9 Å². The highest BCUT2D eigenvalue weighted by Gasteiger charge is 2.59. The number of methoxy groups -OCH3 is 1. The lowest BCUT2D eigenvalue weighted by Crippen LogP contribution is -2.66. The van der Waals surface area contributed by atoms with E-state index in [2.05, 4.69) is 0 Å². The van der Waals surface area contributed by atoms with Gasteiger partial charge in [-0.25, -0.2) is 14.4 Å². The van der Waals surface area contributed by atoms with Crippen molar-refractivity contribution in [3.05, 3.63) is 144 Å². The van der Waals surface area contributed by atoms with E-state index < -0.39 is 85.3 Å². The Labute approximate surface area is 328 Å². The van der Waals surface area contributed by atoms with Gasteiger partial charge in [0.2, 0.25) is 0 Å². The molecule has 0 spiro atoms. The maximum Gasteiger partial charge on any atom is 0.338 e. The number of carbonyl (C=O) groups excluding carboxylic acids is 4. The van der Waals surface area contributed by atoms with Crippen LogP contribution in [0.3, 0.4) is 0 Å². The summed E-state index contributed by atoms with van der Waals surface area (Å²) in [6.07, 6.45) is -12.8. The molecular weight excluding hydrogens is 740 g/mol. The Morgan fingerprint density at radius 1 is 0.579 bits per heavy atom. The monoisotopic (exact) mass is 782 g/mol. The predicted molar refractivity (Wildman–Crippen MR) is 197 cm³/mol. The number of carbonyl (C=O) groups is 4. The van der Waals surface area contributed by atoms with Crippen molar-refractivity contribution in [2.75, 3.05) is 13.7 Å². The number of hydrogen-bond acceptors (Lipinski definition) is 14. The van der Waals surface area contributed by atoms with Gasteiger partial charge in [0, 0.05) is 6.92 Å². The molecule has 14 nitrogen and oxygen atoms in total. The molecule has 0 aliphatic carbocycles. The Balaban J connectivity index is 1.25. The zero-order valence-corrected chi connectivity index (χ0v) is 31.2. The second-order valence-electron chi connectivity index (χ2n) is 13.5. The van der Waals surface area contributed by atoms with Gasteiger partial charge in [-0.3, -0.25) is 4.79 Å². The topological polar surface area (TPSA) is 161 Å². The zero-order valence-electron chi connectivity index (χ0n) is 31.2. The molecule has 3 saturated heterocycles. The zero-order chi connectivity index (χ0) is 39.7. The molecule has 2 bridgehead atoms. The quantitative estimate of drug-likeness (QED) is 0.129. The molecule has 0 amide bonds. The minimum atomic E-state index is -1.58. The molecule has 0 unspecified atom stereocenters. The van der Waals surface area contributed by atoms with Gasteiger partial charge >= 0.3 is 23.9 Å². The molecule has 10 atom stereocenters. The first kappa shape index (κ1) is 39.7. The standard InChI is InChI=1S/C43H42O14/c1-26(44)52-37-34(50-24-28-17-9-4-10-18-28)33(49-23-27-15-7-3-8-16-27)36(41(47)48-2)57-43(37)56-32-31-25-51-42(53-31)38(55-40(46)30-21-13-6-14-22-30)35(32)54-39(45)29-19-11-5-12-20-29/h3-22,31-38,42-43H,23-25H2,1-2H3/t31-,32-,33+,34+,35+,36+,37-,38-,42-,43-/m1/s1. The molecule has 298 valence electrons. The van der Waals surface area contributed by atoms with Crippen molar-refractivity contribution < 1.29 is 66.5 Å². The van der Waals surface area contributed by atoms with Crippen LogP contribution in [0.25, 0.3) is 0 Å². The van der Waals surface area contributed by atoms with Gasteiger partial charge in [0.15, 0.2) is 37.0 Å². The number of fused-ring (bicyclic) bond motifs is 2. The van der Waals surface area contributed by atoms with Crippen LogP contribution in [0, 0.1) is 0 Å². The van der Waals surface area contributed by atoms with Gasteiger partial charge in [0.1, 0.15) is 24.4 Å². The van der Waals surface area contributed by atoms with Gasteiger partial charge in [0.25, 0.3) is 0 Å². The second-order valence-corrected chi connectivity index (χ2v) is 13.5. The second kappa shape index (κ2) is 18.6. The van der Waals surface area contributed by atoms with E-state index in [0.717, 1.165) is 11.1 Å². The van der Waals surface area contributed by atoms with Crippen molar-refractivity contribution in [3.8, 4) is 0 Å². The van der Waals surface area contributed by atoms with Crippen LogP contribution in [0.4, 0.5) is 0 Å². The molecule has 7 rings (SSSR count). The van der Waals surface area contributed by atoms with Crippen LogP contribution >= 0.6 is 0 Å². The van der Waals surface area contributed by atoms with Crippen molar-refractivity contribution in [2.45, 2.75) is 81.5 Å². The molecule has 0 aromatic heterocycles. The molecule has 0 radical (unpaired) electrons. The van der Waals surface area contributed by atoms with Gasteiger partial charge in [-0.05, 0) is 35.4 Å². The maximum atomic E-state index is 13.7. The van der Waals surface area contributed by atoms with Crippen molar-refractivity contribution in [1.29, 1.82) is 0 Å². The highest BCUT2D eigenvalue weighted by Crippen LogP contribution is 2.38. The summed E-state index contributed by atoms with van der Waals surface area (Å²) in [5.74, 6) is -3.01. The van der Waals surface area contributed by atoms with Crippen molar-refractivity contribution in [2.24, 2.45) is 0 Å². The lowest BCUT2D eigenvalue weighted by molar-refractivity contribution is -0.341. The van der Waals surface area contributed by atoms with Gasteiger partial charge in [-0.15, -0.1) is 0 Å². The molecule has 0 N–H and O–H groups in total. The normalized spacial score (nSPS) is 27.8. The fourth-order valence-corrected chi connectivity index (χ4v) is 6.90. The minimum Gasteiger partial charge on any atom is -0.467 e. The third-order valence-electron chi connectivity index (χ3n) is 9.61. The van der Waals surface area contributed by atoms with Gasteiger partial charge in [0.05, 0.1) is 38.1 Å². The van der Waals surface area contributed by atoms with Crippen molar-refractivity contribution in [3.63, 3.8) is 0 Å². The van der Waals surface area contributed by atoms with Crippen LogP contribution in [0.1, 0.15) is 38.8 Å². The Hall–Kier alpha value is -5.48. The first-order chi connectivity index (χ1) is 27.8. The third kappa shape index (κ3) is 9.56. The lowest BCUT2D eigenvalue weighted by atomic mass is 9.96. The summed E-state index contributed by atoms with van der Waals surface area (Å²) in [5, 5.41) is 0. The molecule has 3 aliphatic rings. The number of rotatable bonds is 14. The van der Waals surface area contributed by atoms with E-state index in [1.54, 1.807) is 60.7 Å². The summed E-state index contributed by atoms with van der Waals surface area (Å²) in [6.45, 7) is 1.21. The van der Waals surface area contributed by atoms with E-state index in [9.17, 15) is 19.2 Å². The fraction of sp³-hybridized carbons (Fsp3) is 0.349. The first-order valence-corrected chi connectivity index (χ1v) is 18.4. The Morgan fingerprint density at radius 2 is 1.09 bits per heavy atom. The summed E-state index contributed by atoms with van der Waals surface area (Å²) in [5.41, 5.74) is 2.02. The molecular formula is C43H42O14. The fourth-order valence-electron chi connectivity index (χ4n) is 6.90. The van der Waals surface area contributed by atoms with E-state index in [1.807, 2.05) is 60.7 Å². The SMILES string of the molecule is COC(=O)[C@H]1O[C@@H](O[C@H]2[C@H](OC(=O)c3ccccc3)[C@@H](OC(=O)c3ccccc3)[C@@H]3OC[C@H]2O3)[C@H](OC(C)=O)[C@@H](OCc2ccccc2)[C@@H]1OCc1ccccc1. The minimum absolute atomic E-state index is 0.0224. The van der Waals surface area contributed by atoms with Gasteiger partial charge in [-0.1, -0.05) is 97.1 Å². The van der Waals surface area contributed by atoms with Gasteiger partial charge < -0.3 is 47.4 Å². The van der Waals surface area contributed by atoms with Crippen LogP contribution in [0.5, 0.6) is 0 Å². The molecule has 57 heavy (non-hydrogen) atoms. The van der Waals surface area contributed by atoms with E-state index >= 15 is 0 Å². The summed E-state index contributed by atoms with van der Waals surface area (Å²) < 4.78 is 61.0. The molecule has 14 heteroatoms. The van der Waals surface area contributed by atoms with Crippen LogP contribution in [-0.4, -0.2) is 99.0 Å². The summed E-state index contributed by atoms with van der Waals surface area (Å²) in [6, 6.07) is 35.0. The summed E-state index contributed by atoms with van der Waals surface area (Å²) >= 11 is 0. The predicted octanol–water partition coefficient (Wildman–Crippen LogP) is 4.58. The Bertz CT molecular complexity index is 1950. The van der Waals surface area contributed by atoms with Crippen LogP contribution in [0.15, 0.2) is 121 Å². The first-order valence-electron chi connectivity index (χ1n) is 18.4. The van der Waals surface area contributed by atoms with Gasteiger partial charge in [-0.2, -0.15) is 0 Å². The average Bonchev–Trinajstić information content (AvgIpc) is 3.69. The van der Waals surface area contributed by atoms with Crippen LogP contribution in [0.2, 0.25) is 0 Å². The number of esters is 4. The summed E-state index contributed by atoms with van der Waals surface area (Å²) in [4.78, 5) is 53.5. The molecule has 4 aromatic rings. The highest BCUT2D eigenvalue weighted by atomic mass is 16.8. The van der Waals surface area contributed by atoms with E-state index in [-0.39, 0.29) is 30.9 Å². The molecule has 0 saturated carbocycles. The lowest BCUT2D eigenvalue weighted by Gasteiger charge is -2.47. The van der Waals surface area contributed by atoms with E-state index in [4.69, 9.17) is 47.4 Å². The summed E-state index contributed by atoms with van der Waals surface area (Å²) in [7, 11) is 1.20.